The molecule has 0 radical (unpaired) electrons. The summed E-state index contributed by atoms with van der Waals surface area (Å²) in [7, 11) is 0. The molecule has 17 aromatic carbocycles. The smallest absolute Gasteiger partial charge is 0.238 e. The average Bonchev–Trinajstić information content (AvgIpc) is 1.58. The van der Waals surface area contributed by atoms with Gasteiger partial charge in [-0.3, -0.25) is 19.1 Å². The van der Waals surface area contributed by atoms with Crippen molar-refractivity contribution in [3.63, 3.8) is 0 Å². The second-order valence-electron chi connectivity index (χ2n) is 32.7. The van der Waals surface area contributed by atoms with Crippen molar-refractivity contribution in [2.24, 2.45) is 0 Å². The van der Waals surface area contributed by atoms with Crippen molar-refractivity contribution >= 4 is 148 Å². The Kier molecular flexibility index (Phi) is 21.4. The Bertz CT molecular complexity index is 8390. The molecule has 25 rings (SSSR count). The number of hydrogen-bond donors (Lipinski definition) is 0. The Morgan fingerprint density at radius 1 is 0.231 bits per heavy atom. The van der Waals surface area contributed by atoms with E-state index in [4.69, 9.17) is 34.9 Å². The largest absolute Gasteiger partial charge is 0.310 e. The number of rotatable bonds is 17. The van der Waals surface area contributed by atoms with Crippen LogP contribution >= 0.6 is 11.3 Å². The predicted molar refractivity (Wildman–Crippen MR) is 554 cm³/mol. The number of anilines is 9. The van der Waals surface area contributed by atoms with Gasteiger partial charge >= 0.3 is 0 Å². The molecular formula is C119H82N14S. The van der Waals surface area contributed by atoms with Gasteiger partial charge in [-0.2, -0.15) is 19.9 Å². The second kappa shape index (κ2) is 35.6. The van der Waals surface area contributed by atoms with E-state index in [9.17, 15) is 0 Å². The molecule has 0 bridgehead atoms. The molecule has 8 heterocycles. The summed E-state index contributed by atoms with van der Waals surface area (Å²) in [6.45, 7) is 2.12. The maximum absolute atomic E-state index is 5.10. The van der Waals surface area contributed by atoms with Crippen molar-refractivity contribution in [3.8, 4) is 74.4 Å². The molecule has 634 valence electrons. The number of benzene rings is 17. The van der Waals surface area contributed by atoms with Gasteiger partial charge in [-0.05, 0) is 171 Å². The van der Waals surface area contributed by atoms with Crippen molar-refractivity contribution in [2.75, 3.05) is 14.7 Å². The maximum Gasteiger partial charge on any atom is 0.238 e. The summed E-state index contributed by atoms with van der Waals surface area (Å²) in [5.41, 5.74) is 24.2. The van der Waals surface area contributed by atoms with Gasteiger partial charge in [-0.25, -0.2) is 9.97 Å². The fourth-order valence-corrected chi connectivity index (χ4v) is 19.5. The molecule has 0 fully saturated rings. The normalized spacial score (nSPS) is 11.3. The van der Waals surface area contributed by atoms with Crippen LogP contribution in [0.2, 0.25) is 0 Å². The molecule has 15 heteroatoms. The Balaban J connectivity index is 0.000000114. The van der Waals surface area contributed by atoms with Gasteiger partial charge in [0.2, 0.25) is 11.9 Å². The van der Waals surface area contributed by atoms with Crippen molar-refractivity contribution < 1.29 is 0 Å². The van der Waals surface area contributed by atoms with E-state index in [0.29, 0.717) is 35.2 Å². The molecule has 25 aromatic rings. The molecule has 0 aliphatic rings. The molecular weight excluding hydrogens is 1660 g/mol. The van der Waals surface area contributed by atoms with Crippen LogP contribution in [-0.2, 0) is 0 Å². The number of para-hydroxylation sites is 7. The molecule has 0 saturated carbocycles. The number of fused-ring (bicyclic) bond motifs is 12. The van der Waals surface area contributed by atoms with E-state index in [2.05, 4.69) is 368 Å². The van der Waals surface area contributed by atoms with E-state index in [0.717, 1.165) is 145 Å². The lowest BCUT2D eigenvalue weighted by molar-refractivity contribution is 0.953. The first-order valence-corrected chi connectivity index (χ1v) is 45.5. The molecule has 0 spiro atoms. The summed E-state index contributed by atoms with van der Waals surface area (Å²) in [5, 5.41) is 9.47. The van der Waals surface area contributed by atoms with Crippen molar-refractivity contribution in [3.05, 3.63) is 485 Å². The number of thiophene rings is 1. The third kappa shape index (κ3) is 15.3. The zero-order valence-electron chi connectivity index (χ0n) is 72.8. The molecule has 0 aliphatic carbocycles. The fraction of sp³-hybridized carbons (Fsp3) is 0.00840. The molecule has 8 aromatic heterocycles. The van der Waals surface area contributed by atoms with Crippen LogP contribution < -0.4 is 14.7 Å². The Hall–Kier alpha value is -17.9. The number of pyridine rings is 2. The zero-order chi connectivity index (χ0) is 89.2. The van der Waals surface area contributed by atoms with E-state index in [-0.39, 0.29) is 0 Å². The minimum Gasteiger partial charge on any atom is -0.310 e. The van der Waals surface area contributed by atoms with Gasteiger partial charge in [0.1, 0.15) is 0 Å². The third-order valence-electron chi connectivity index (χ3n) is 24.5. The summed E-state index contributed by atoms with van der Waals surface area (Å²) in [6, 6.07) is 160. The van der Waals surface area contributed by atoms with E-state index in [1.807, 2.05) is 157 Å². The van der Waals surface area contributed by atoms with Gasteiger partial charge in [0.15, 0.2) is 23.3 Å². The van der Waals surface area contributed by atoms with Crippen molar-refractivity contribution in [1.29, 1.82) is 0 Å². The molecule has 0 N–H and O–H groups in total. The summed E-state index contributed by atoms with van der Waals surface area (Å²) in [6.07, 6.45) is 5.60. The first-order chi connectivity index (χ1) is 66.4. The number of aryl methyl sites for hydroxylation is 1. The van der Waals surface area contributed by atoms with Gasteiger partial charge in [0, 0.05) is 127 Å². The summed E-state index contributed by atoms with van der Waals surface area (Å²) in [5.74, 6) is 3.68. The van der Waals surface area contributed by atoms with Crippen LogP contribution in [0.4, 0.5) is 51.2 Å². The Morgan fingerprint density at radius 2 is 0.560 bits per heavy atom. The van der Waals surface area contributed by atoms with Crippen LogP contribution in [0.5, 0.6) is 0 Å². The highest BCUT2D eigenvalue weighted by Crippen LogP contribution is 2.50. The molecule has 14 nitrogen and oxygen atoms in total. The molecule has 0 unspecified atom stereocenters. The van der Waals surface area contributed by atoms with E-state index in [1.165, 1.54) is 36.5 Å². The van der Waals surface area contributed by atoms with Crippen molar-refractivity contribution in [2.45, 2.75) is 6.92 Å². The van der Waals surface area contributed by atoms with Gasteiger partial charge in [-0.15, -0.1) is 11.3 Å². The van der Waals surface area contributed by atoms with Crippen LogP contribution in [-0.4, -0.2) is 53.6 Å². The van der Waals surface area contributed by atoms with Crippen molar-refractivity contribution in [1.82, 2.24) is 53.6 Å². The van der Waals surface area contributed by atoms with Crippen LogP contribution in [0, 0.1) is 6.92 Å². The number of nitrogens with zero attached hydrogens (tertiary/aromatic N) is 14. The lowest BCUT2D eigenvalue weighted by Crippen LogP contribution is -2.10. The lowest BCUT2D eigenvalue weighted by Gasteiger charge is -2.26. The minimum atomic E-state index is 0.576. The third-order valence-corrected chi connectivity index (χ3v) is 25.6. The molecule has 0 atom stereocenters. The molecule has 0 amide bonds. The quantitative estimate of drug-likeness (QED) is 0.0864. The lowest BCUT2D eigenvalue weighted by atomic mass is 10.1. The van der Waals surface area contributed by atoms with Gasteiger partial charge in [-0.1, -0.05) is 303 Å². The summed E-state index contributed by atoms with van der Waals surface area (Å²) < 4.78 is 9.28. The van der Waals surface area contributed by atoms with E-state index < -0.39 is 0 Å². The maximum atomic E-state index is 5.10. The highest BCUT2D eigenvalue weighted by Gasteiger charge is 2.28. The molecule has 0 aliphatic heterocycles. The van der Waals surface area contributed by atoms with Crippen LogP contribution in [0.1, 0.15) is 5.56 Å². The molecule has 0 saturated heterocycles. The zero-order valence-corrected chi connectivity index (χ0v) is 73.6. The van der Waals surface area contributed by atoms with E-state index >= 15 is 0 Å². The van der Waals surface area contributed by atoms with Crippen LogP contribution in [0.3, 0.4) is 0 Å². The molecule has 134 heavy (non-hydrogen) atoms. The SMILES string of the molecule is Cc1ccc(N(c2ccccc2)c2cccc3c2c2ccccc2n3-c2nc(-c3ccccc3)nc(-c3ccccc3)n2)cc1.c1ccc(-c2nc(-c3ccccc3)nc(-n3c4ccccc4c4c(N(c5ccccc5)c5ccccc5)cccc43)n2)cc1.c1ccc(N(c2ccc3sc4ccccc4c3c2)c2cccc3c2c2ccccc2n3-c2ccc(-c3cccnc3)nc2)cc1. The predicted octanol–water partition coefficient (Wildman–Crippen LogP) is 30.9. The van der Waals surface area contributed by atoms with Crippen LogP contribution in [0.15, 0.2) is 480 Å². The standard InChI is InChI=1S/C40H29N5.C40H26N4S.C39H27N5/c1-28-24-26-32(27-25-28)44(31-18-9-4-10-19-31)35-22-13-23-36-37(35)33-20-11-12-21-34(33)45(36)40-42-38(29-14-5-2-6-15-29)41-39(43-40)30-16-7-3-8-17-30;1-2-11-28(12-3-1)43(29-20-22-39-33(24-29)31-13-5-7-18-38(31)45-39)36-16-8-17-37-40(36)32-14-4-6-15-35(32)44(37)30-19-21-34(42-26-30)27-10-9-23-41-25-27;1-5-16-28(17-6-1)37-40-38(29-18-7-2-8-19-29)42-39(41-37)44-33-25-14-13-24-32(33)36-34(26-15-27-35(36)44)43(30-20-9-3-10-21-30)31-22-11-4-12-23-31/h2-27H,1H3;1-26H;1-27H. The topological polar surface area (TPSA) is 128 Å². The summed E-state index contributed by atoms with van der Waals surface area (Å²) in [4.78, 5) is 46.4. The highest BCUT2D eigenvalue weighted by atomic mass is 32.1. The number of hydrogen-bond acceptors (Lipinski definition) is 12. The Labute approximate surface area is 777 Å². The van der Waals surface area contributed by atoms with E-state index in [1.54, 1.807) is 6.20 Å². The average molecular weight is 1740 g/mol. The number of aromatic nitrogens is 11. The first-order valence-electron chi connectivity index (χ1n) is 44.7. The fourth-order valence-electron chi connectivity index (χ4n) is 18.4. The Morgan fingerprint density at radius 3 is 0.955 bits per heavy atom. The first kappa shape index (κ1) is 80.6. The van der Waals surface area contributed by atoms with Gasteiger partial charge < -0.3 is 19.3 Å². The van der Waals surface area contributed by atoms with Crippen LogP contribution in [0.25, 0.3) is 160 Å². The van der Waals surface area contributed by atoms with Gasteiger partial charge in [0.25, 0.3) is 0 Å². The highest BCUT2D eigenvalue weighted by molar-refractivity contribution is 7.25. The second-order valence-corrected chi connectivity index (χ2v) is 33.8. The minimum absolute atomic E-state index is 0.576. The summed E-state index contributed by atoms with van der Waals surface area (Å²) >= 11 is 1.85. The van der Waals surface area contributed by atoms with Gasteiger partial charge in [0.05, 0.1) is 67.7 Å². The monoisotopic (exact) mass is 1740 g/mol.